The number of hydrogen-bond donors (Lipinski definition) is 2. The van der Waals surface area contributed by atoms with Gasteiger partial charge in [0.25, 0.3) is 0 Å². The Morgan fingerprint density at radius 3 is 2.42 bits per heavy atom. The highest BCUT2D eigenvalue weighted by Gasteiger charge is 2.63. The van der Waals surface area contributed by atoms with Gasteiger partial charge in [-0.05, 0) is 56.0 Å². The maximum atomic E-state index is 3.78. The van der Waals surface area contributed by atoms with E-state index in [9.17, 15) is 0 Å². The summed E-state index contributed by atoms with van der Waals surface area (Å²) >= 11 is 0. The molecule has 0 aromatic carbocycles. The molecule has 1 heterocycles. The third-order valence-corrected chi connectivity index (χ3v) is 6.29. The molecule has 2 atom stereocenters. The normalized spacial score (nSPS) is 31.7. The lowest BCUT2D eigenvalue weighted by Gasteiger charge is -2.22. The smallest absolute Gasteiger partial charge is 0.00817 e. The Hall–Kier alpha value is -0.0800. The molecule has 2 heteroatoms. The average Bonchev–Trinajstić information content (AvgIpc) is 2.84. The van der Waals surface area contributed by atoms with E-state index in [0.717, 1.165) is 12.0 Å². The molecule has 0 radical (unpaired) electrons. The first-order chi connectivity index (χ1) is 8.85. The van der Waals surface area contributed by atoms with Gasteiger partial charge >= 0.3 is 0 Å². The zero-order valence-corrected chi connectivity index (χ0v) is 13.7. The van der Waals surface area contributed by atoms with Crippen LogP contribution < -0.4 is 10.6 Å². The molecule has 2 aliphatic rings. The van der Waals surface area contributed by atoms with Gasteiger partial charge in [0.2, 0.25) is 0 Å². The second-order valence-electron chi connectivity index (χ2n) is 8.04. The molecule has 1 aliphatic carbocycles. The molecular formula is C17H34N2. The maximum Gasteiger partial charge on any atom is 0.00817 e. The van der Waals surface area contributed by atoms with Gasteiger partial charge in [0.05, 0.1) is 0 Å². The Balaban J connectivity index is 1.69. The van der Waals surface area contributed by atoms with Gasteiger partial charge in [-0.3, -0.25) is 0 Å². The third-order valence-electron chi connectivity index (χ3n) is 6.29. The lowest BCUT2D eigenvalue weighted by atomic mass is 10.0. The van der Waals surface area contributed by atoms with Gasteiger partial charge in [-0.25, -0.2) is 0 Å². The van der Waals surface area contributed by atoms with Crippen LogP contribution >= 0.6 is 0 Å². The Labute approximate surface area is 120 Å². The monoisotopic (exact) mass is 266 g/mol. The predicted molar refractivity (Wildman–Crippen MR) is 83.4 cm³/mol. The predicted octanol–water partition coefficient (Wildman–Crippen LogP) is 3.57. The number of hydrogen-bond acceptors (Lipinski definition) is 2. The highest BCUT2D eigenvalue weighted by atomic mass is 15.0. The van der Waals surface area contributed by atoms with Crippen molar-refractivity contribution in [2.75, 3.05) is 13.1 Å². The Morgan fingerprint density at radius 2 is 1.79 bits per heavy atom. The van der Waals surface area contributed by atoms with Crippen LogP contribution in [0.3, 0.4) is 0 Å². The van der Waals surface area contributed by atoms with E-state index in [0.29, 0.717) is 16.9 Å². The topological polar surface area (TPSA) is 24.1 Å². The van der Waals surface area contributed by atoms with Crippen molar-refractivity contribution in [3.8, 4) is 0 Å². The fourth-order valence-electron chi connectivity index (χ4n) is 3.97. The van der Waals surface area contributed by atoms with E-state index in [-0.39, 0.29) is 0 Å². The molecule has 0 aromatic heterocycles. The first-order valence-corrected chi connectivity index (χ1v) is 8.32. The highest BCUT2D eigenvalue weighted by molar-refractivity contribution is 5.12. The maximum absolute atomic E-state index is 3.78. The quantitative estimate of drug-likeness (QED) is 0.795. The van der Waals surface area contributed by atoms with Gasteiger partial charge in [0.1, 0.15) is 0 Å². The number of nitrogens with one attached hydrogen (secondary N) is 2. The van der Waals surface area contributed by atoms with E-state index in [1.54, 1.807) is 0 Å². The first-order valence-electron chi connectivity index (χ1n) is 8.32. The SMILES string of the molecule is CC(CC1CCCCCN1)NCC1C(C)(C)C1(C)C. The van der Waals surface area contributed by atoms with Crippen LogP contribution in [0.4, 0.5) is 0 Å². The lowest BCUT2D eigenvalue weighted by molar-refractivity contribution is 0.388. The molecule has 0 bridgehead atoms. The summed E-state index contributed by atoms with van der Waals surface area (Å²) in [6, 6.07) is 1.38. The van der Waals surface area contributed by atoms with Gasteiger partial charge in [-0.15, -0.1) is 0 Å². The molecule has 2 rings (SSSR count). The van der Waals surface area contributed by atoms with Crippen molar-refractivity contribution in [1.29, 1.82) is 0 Å². The van der Waals surface area contributed by atoms with E-state index in [1.807, 2.05) is 0 Å². The molecule has 0 aromatic rings. The van der Waals surface area contributed by atoms with Crippen molar-refractivity contribution in [3.63, 3.8) is 0 Å². The molecule has 112 valence electrons. The Morgan fingerprint density at radius 1 is 1.11 bits per heavy atom. The van der Waals surface area contributed by atoms with E-state index < -0.39 is 0 Å². The van der Waals surface area contributed by atoms with Crippen molar-refractivity contribution >= 4 is 0 Å². The number of rotatable bonds is 5. The molecule has 2 nitrogen and oxygen atoms in total. The summed E-state index contributed by atoms with van der Waals surface area (Å²) in [6.45, 7) is 14.4. The van der Waals surface area contributed by atoms with Crippen LogP contribution in [0, 0.1) is 16.7 Å². The summed E-state index contributed by atoms with van der Waals surface area (Å²) in [4.78, 5) is 0. The van der Waals surface area contributed by atoms with Gasteiger partial charge in [-0.1, -0.05) is 40.5 Å². The minimum Gasteiger partial charge on any atom is -0.314 e. The van der Waals surface area contributed by atoms with Crippen molar-refractivity contribution in [2.45, 2.75) is 78.8 Å². The summed E-state index contributed by atoms with van der Waals surface area (Å²) in [5, 5.41) is 7.49. The van der Waals surface area contributed by atoms with Crippen LogP contribution in [-0.4, -0.2) is 25.2 Å². The van der Waals surface area contributed by atoms with E-state index in [4.69, 9.17) is 0 Å². The Kier molecular flexibility index (Phi) is 4.62. The highest BCUT2D eigenvalue weighted by Crippen LogP contribution is 2.67. The average molecular weight is 266 g/mol. The first kappa shape index (κ1) is 15.3. The largest absolute Gasteiger partial charge is 0.314 e. The van der Waals surface area contributed by atoms with E-state index in [2.05, 4.69) is 45.3 Å². The van der Waals surface area contributed by atoms with E-state index in [1.165, 1.54) is 45.2 Å². The zero-order valence-electron chi connectivity index (χ0n) is 13.7. The van der Waals surface area contributed by atoms with Crippen LogP contribution in [0.5, 0.6) is 0 Å². The minimum absolute atomic E-state index is 0.514. The van der Waals surface area contributed by atoms with E-state index >= 15 is 0 Å². The summed E-state index contributed by atoms with van der Waals surface area (Å²) < 4.78 is 0. The Bertz CT molecular complexity index is 274. The molecule has 0 amide bonds. The molecule has 0 spiro atoms. The molecule has 1 aliphatic heterocycles. The van der Waals surface area contributed by atoms with Gasteiger partial charge in [0, 0.05) is 12.1 Å². The van der Waals surface area contributed by atoms with Crippen molar-refractivity contribution < 1.29 is 0 Å². The summed E-state index contributed by atoms with van der Waals surface area (Å²) in [6.07, 6.45) is 6.84. The van der Waals surface area contributed by atoms with Crippen molar-refractivity contribution in [2.24, 2.45) is 16.7 Å². The summed E-state index contributed by atoms with van der Waals surface area (Å²) in [5.74, 6) is 0.838. The van der Waals surface area contributed by atoms with Gasteiger partial charge in [0.15, 0.2) is 0 Å². The molecular weight excluding hydrogens is 232 g/mol. The standard InChI is InChI=1S/C17H34N2/c1-13(11-14-9-7-6-8-10-18-14)19-12-15-16(2,3)17(15,4)5/h13-15,18-19H,6-12H2,1-5H3. The zero-order chi connectivity index (χ0) is 14.1. The van der Waals surface area contributed by atoms with Crippen molar-refractivity contribution in [3.05, 3.63) is 0 Å². The third kappa shape index (κ3) is 3.33. The van der Waals surface area contributed by atoms with Crippen LogP contribution in [-0.2, 0) is 0 Å². The molecule has 1 saturated carbocycles. The molecule has 2 fully saturated rings. The van der Waals surface area contributed by atoms with Crippen LogP contribution in [0.1, 0.15) is 66.7 Å². The van der Waals surface area contributed by atoms with Gasteiger partial charge in [-0.2, -0.15) is 0 Å². The molecule has 2 unspecified atom stereocenters. The summed E-state index contributed by atoms with van der Waals surface area (Å²) in [5.41, 5.74) is 1.03. The van der Waals surface area contributed by atoms with Gasteiger partial charge < -0.3 is 10.6 Å². The van der Waals surface area contributed by atoms with Crippen LogP contribution in [0.2, 0.25) is 0 Å². The fourth-order valence-corrected chi connectivity index (χ4v) is 3.97. The molecule has 2 N–H and O–H groups in total. The van der Waals surface area contributed by atoms with Crippen molar-refractivity contribution in [1.82, 2.24) is 10.6 Å². The lowest BCUT2D eigenvalue weighted by Crippen LogP contribution is -2.37. The van der Waals surface area contributed by atoms with Crippen LogP contribution in [0.15, 0.2) is 0 Å². The summed E-state index contributed by atoms with van der Waals surface area (Å²) in [7, 11) is 0. The second-order valence-corrected chi connectivity index (χ2v) is 8.04. The fraction of sp³-hybridized carbons (Fsp3) is 1.00. The second kappa shape index (κ2) is 5.73. The molecule has 1 saturated heterocycles. The van der Waals surface area contributed by atoms with Crippen LogP contribution in [0.25, 0.3) is 0 Å². The minimum atomic E-state index is 0.514. The molecule has 19 heavy (non-hydrogen) atoms.